The van der Waals surface area contributed by atoms with Crippen LogP contribution in [0.5, 0.6) is 5.75 Å². The predicted molar refractivity (Wildman–Crippen MR) is 111 cm³/mol. The Morgan fingerprint density at radius 1 is 0.862 bits per heavy atom. The van der Waals surface area contributed by atoms with E-state index >= 15 is 0 Å². The summed E-state index contributed by atoms with van der Waals surface area (Å²) in [6, 6.07) is 17.3. The van der Waals surface area contributed by atoms with Gasteiger partial charge in [-0.15, -0.1) is 0 Å². The average Bonchev–Trinajstić information content (AvgIpc) is 2.73. The van der Waals surface area contributed by atoms with E-state index < -0.39 is 11.6 Å². The van der Waals surface area contributed by atoms with Crippen LogP contribution < -0.4 is 4.74 Å². The van der Waals surface area contributed by atoms with Crippen molar-refractivity contribution in [3.05, 3.63) is 100 Å². The number of aryl methyl sites for hydroxylation is 2. The number of carbonyl (C=O) groups excluding carboxylic acids is 1. The van der Waals surface area contributed by atoms with Crippen LogP contribution in [0.3, 0.4) is 0 Å². The normalized spacial score (nSPS) is 11.9. The first-order chi connectivity index (χ1) is 14.0. The van der Waals surface area contributed by atoms with E-state index in [4.69, 9.17) is 4.74 Å². The molecule has 3 rings (SSSR count). The zero-order valence-corrected chi connectivity index (χ0v) is 16.6. The Balaban J connectivity index is 1.73. The van der Waals surface area contributed by atoms with Crippen molar-refractivity contribution in [1.29, 1.82) is 0 Å². The van der Waals surface area contributed by atoms with Gasteiger partial charge in [0.25, 0.3) is 0 Å². The smallest absolute Gasteiger partial charge is 0.159 e. The van der Waals surface area contributed by atoms with Crippen molar-refractivity contribution < 1.29 is 18.3 Å². The topological polar surface area (TPSA) is 26.3 Å². The number of carbonyl (C=O) groups is 1. The van der Waals surface area contributed by atoms with Crippen LogP contribution in [0, 0.1) is 25.5 Å². The van der Waals surface area contributed by atoms with Crippen LogP contribution in [0.4, 0.5) is 8.78 Å². The number of ether oxygens (including phenoxy) is 1. The maximum atomic E-state index is 13.8. The Hall–Kier alpha value is -3.01. The van der Waals surface area contributed by atoms with Gasteiger partial charge in [-0.2, -0.15) is 0 Å². The highest BCUT2D eigenvalue weighted by Gasteiger charge is 2.17. The molecule has 3 aromatic rings. The molecule has 0 aromatic heterocycles. The van der Waals surface area contributed by atoms with Crippen molar-refractivity contribution in [2.24, 2.45) is 0 Å². The molecule has 0 saturated heterocycles. The number of benzene rings is 3. The van der Waals surface area contributed by atoms with Crippen LogP contribution in [0.2, 0.25) is 0 Å². The Bertz CT molecular complexity index is 929. The molecule has 3 aromatic carbocycles. The van der Waals surface area contributed by atoms with Crippen molar-refractivity contribution >= 4 is 6.29 Å². The van der Waals surface area contributed by atoms with E-state index in [1.54, 1.807) is 30.3 Å². The molecule has 0 N–H and O–H groups in total. The molecule has 0 heterocycles. The molecule has 29 heavy (non-hydrogen) atoms. The molecule has 0 saturated carbocycles. The molecule has 4 heteroatoms. The fourth-order valence-corrected chi connectivity index (χ4v) is 3.36. The van der Waals surface area contributed by atoms with Crippen molar-refractivity contribution in [3.63, 3.8) is 0 Å². The Labute approximate surface area is 170 Å². The molecular formula is C25H24F2O2. The molecule has 0 radical (unpaired) electrons. The molecule has 0 aliphatic heterocycles. The quantitative estimate of drug-likeness (QED) is 0.327. The van der Waals surface area contributed by atoms with Crippen LogP contribution in [0.1, 0.15) is 51.4 Å². The largest absolute Gasteiger partial charge is 0.494 e. The van der Waals surface area contributed by atoms with E-state index in [-0.39, 0.29) is 5.92 Å². The summed E-state index contributed by atoms with van der Waals surface area (Å²) in [7, 11) is 0. The lowest BCUT2D eigenvalue weighted by atomic mass is 9.86. The van der Waals surface area contributed by atoms with Crippen LogP contribution in [0.15, 0.2) is 60.7 Å². The lowest BCUT2D eigenvalue weighted by Crippen LogP contribution is -2.06. The van der Waals surface area contributed by atoms with Gasteiger partial charge in [-0.25, -0.2) is 8.78 Å². The summed E-state index contributed by atoms with van der Waals surface area (Å²) in [6.45, 7) is 4.59. The van der Waals surface area contributed by atoms with E-state index in [2.05, 4.69) is 19.1 Å². The molecule has 0 fully saturated rings. The highest BCUT2D eigenvalue weighted by molar-refractivity contribution is 5.74. The minimum atomic E-state index is -0.838. The van der Waals surface area contributed by atoms with Gasteiger partial charge in [-0.05, 0) is 85.3 Å². The zero-order valence-electron chi connectivity index (χ0n) is 16.6. The number of hydrogen-bond donors (Lipinski definition) is 0. The maximum absolute atomic E-state index is 13.8. The number of hydrogen-bond acceptors (Lipinski definition) is 2. The highest BCUT2D eigenvalue weighted by atomic mass is 19.2. The van der Waals surface area contributed by atoms with Crippen LogP contribution in [-0.2, 0) is 0 Å². The van der Waals surface area contributed by atoms with Gasteiger partial charge in [-0.1, -0.05) is 24.3 Å². The molecule has 150 valence electrons. The summed E-state index contributed by atoms with van der Waals surface area (Å²) >= 11 is 0. The monoisotopic (exact) mass is 394 g/mol. The fraction of sp³-hybridized carbons (Fsp3) is 0.240. The van der Waals surface area contributed by atoms with Gasteiger partial charge in [0.05, 0.1) is 6.61 Å². The van der Waals surface area contributed by atoms with Gasteiger partial charge in [-0.3, -0.25) is 4.79 Å². The number of aldehydes is 1. The summed E-state index contributed by atoms with van der Waals surface area (Å²) in [6.07, 6.45) is 2.27. The predicted octanol–water partition coefficient (Wildman–Crippen LogP) is 6.39. The van der Waals surface area contributed by atoms with Gasteiger partial charge >= 0.3 is 0 Å². The third-order valence-electron chi connectivity index (χ3n) is 5.20. The van der Waals surface area contributed by atoms with Gasteiger partial charge in [0.2, 0.25) is 0 Å². The first kappa shape index (κ1) is 20.7. The summed E-state index contributed by atoms with van der Waals surface area (Å²) < 4.78 is 33.0. The molecule has 1 atom stereocenters. The molecular weight excluding hydrogens is 370 g/mol. The molecule has 0 spiro atoms. The molecule has 0 amide bonds. The Morgan fingerprint density at radius 3 is 2.21 bits per heavy atom. The Morgan fingerprint density at radius 2 is 1.55 bits per heavy atom. The van der Waals surface area contributed by atoms with Crippen molar-refractivity contribution in [1.82, 2.24) is 0 Å². The summed E-state index contributed by atoms with van der Waals surface area (Å²) in [5.41, 5.74) is 4.80. The van der Waals surface area contributed by atoms with Gasteiger partial charge in [0.1, 0.15) is 12.0 Å². The first-order valence-corrected chi connectivity index (χ1v) is 9.68. The standard InChI is InChI=1S/C25H24F2O2/c1-17-5-8-20(14-18(17)2)23(21-9-12-24(26)25(27)15-21)4-3-13-29-22-10-6-19(16-28)7-11-22/h5-12,14-16,23H,3-4,13H2,1-2H3/t23-/m1/s1. The van der Waals surface area contributed by atoms with Crippen LogP contribution in [-0.4, -0.2) is 12.9 Å². The van der Waals surface area contributed by atoms with E-state index in [0.717, 1.165) is 30.3 Å². The lowest BCUT2D eigenvalue weighted by molar-refractivity contribution is 0.112. The van der Waals surface area contributed by atoms with E-state index in [9.17, 15) is 13.6 Å². The highest BCUT2D eigenvalue weighted by Crippen LogP contribution is 2.31. The second-order valence-electron chi connectivity index (χ2n) is 7.25. The fourth-order valence-electron chi connectivity index (χ4n) is 3.36. The molecule has 0 bridgehead atoms. The molecule has 0 unspecified atom stereocenters. The number of halogens is 2. The van der Waals surface area contributed by atoms with Crippen molar-refractivity contribution in [2.45, 2.75) is 32.6 Å². The molecule has 2 nitrogen and oxygen atoms in total. The average molecular weight is 394 g/mol. The van der Waals surface area contributed by atoms with Crippen molar-refractivity contribution in [2.75, 3.05) is 6.61 Å². The van der Waals surface area contributed by atoms with Crippen molar-refractivity contribution in [3.8, 4) is 5.75 Å². The van der Waals surface area contributed by atoms with Gasteiger partial charge < -0.3 is 4.74 Å². The van der Waals surface area contributed by atoms with Gasteiger partial charge in [0, 0.05) is 11.5 Å². The lowest BCUT2D eigenvalue weighted by Gasteiger charge is -2.20. The SMILES string of the molecule is Cc1ccc([C@@H](CCCOc2ccc(C=O)cc2)c2ccc(F)c(F)c2)cc1C. The zero-order chi connectivity index (χ0) is 20.8. The molecule has 0 aliphatic carbocycles. The summed E-state index contributed by atoms with van der Waals surface area (Å²) in [5.74, 6) is -1.02. The van der Waals surface area contributed by atoms with Crippen LogP contribution >= 0.6 is 0 Å². The van der Waals surface area contributed by atoms with E-state index in [1.165, 1.54) is 23.3 Å². The summed E-state index contributed by atoms with van der Waals surface area (Å²) in [5, 5.41) is 0. The second kappa shape index (κ2) is 9.46. The molecule has 0 aliphatic rings. The number of rotatable bonds is 8. The minimum Gasteiger partial charge on any atom is -0.494 e. The second-order valence-corrected chi connectivity index (χ2v) is 7.25. The maximum Gasteiger partial charge on any atom is 0.159 e. The third kappa shape index (κ3) is 5.29. The van der Waals surface area contributed by atoms with Crippen LogP contribution in [0.25, 0.3) is 0 Å². The minimum absolute atomic E-state index is 0.0505. The Kier molecular flexibility index (Phi) is 6.76. The van der Waals surface area contributed by atoms with Gasteiger partial charge in [0.15, 0.2) is 11.6 Å². The van der Waals surface area contributed by atoms with E-state index in [1.807, 2.05) is 13.0 Å². The summed E-state index contributed by atoms with van der Waals surface area (Å²) in [4.78, 5) is 10.7. The van der Waals surface area contributed by atoms with E-state index in [0.29, 0.717) is 17.9 Å². The first-order valence-electron chi connectivity index (χ1n) is 9.68. The third-order valence-corrected chi connectivity index (χ3v) is 5.20.